The van der Waals surface area contributed by atoms with Gasteiger partial charge in [0.15, 0.2) is 5.69 Å². The maximum absolute atomic E-state index is 13.3. The average molecular weight is 473 g/mol. The number of hydrogen-bond donors (Lipinski definition) is 2. The van der Waals surface area contributed by atoms with Crippen molar-refractivity contribution in [3.05, 3.63) is 41.2 Å². The van der Waals surface area contributed by atoms with Crippen LogP contribution in [0.5, 0.6) is 0 Å². The Morgan fingerprint density at radius 3 is 2.44 bits per heavy atom. The number of amides is 1. The lowest BCUT2D eigenvalue weighted by Gasteiger charge is -2.14. The minimum absolute atomic E-state index is 0.0909. The summed E-state index contributed by atoms with van der Waals surface area (Å²) in [6, 6.07) is 5.54. The number of anilines is 1. The lowest BCUT2D eigenvalue weighted by molar-refractivity contribution is -0.142. The summed E-state index contributed by atoms with van der Waals surface area (Å²) in [4.78, 5) is 12.3. The Bertz CT molecular complexity index is 1060. The number of carbonyl (C=O) groups is 1. The molecule has 1 amide bonds. The number of carbonyl (C=O) groups excluding carboxylic acids is 1. The second-order valence-electron chi connectivity index (χ2n) is 8.15. The van der Waals surface area contributed by atoms with E-state index in [1.807, 2.05) is 0 Å². The molecule has 1 aromatic carbocycles. The maximum atomic E-state index is 13.3. The Kier molecular flexibility index (Phi) is 7.29. The quantitative estimate of drug-likeness (QED) is 0.610. The summed E-state index contributed by atoms with van der Waals surface area (Å²) in [5.41, 5.74) is 0.541. The number of aromatic nitrogens is 2. The van der Waals surface area contributed by atoms with Crippen LogP contribution in [-0.4, -0.2) is 30.1 Å². The van der Waals surface area contributed by atoms with E-state index in [1.54, 1.807) is 13.8 Å². The van der Waals surface area contributed by atoms with Crippen molar-refractivity contribution in [3.63, 3.8) is 0 Å². The highest BCUT2D eigenvalue weighted by Gasteiger charge is 2.39. The molecular formula is C21H27F3N4O3S. The summed E-state index contributed by atoms with van der Waals surface area (Å²) in [5, 5.41) is 6.47. The van der Waals surface area contributed by atoms with Crippen molar-refractivity contribution >= 4 is 21.6 Å². The second-order valence-corrected chi connectivity index (χ2v) is 9.87. The van der Waals surface area contributed by atoms with Gasteiger partial charge in [-0.2, -0.15) is 18.3 Å². The third-order valence-electron chi connectivity index (χ3n) is 5.14. The molecule has 1 heterocycles. The lowest BCUT2D eigenvalue weighted by atomic mass is 9.95. The summed E-state index contributed by atoms with van der Waals surface area (Å²) in [7, 11) is -3.62. The number of sulfonamides is 1. The van der Waals surface area contributed by atoms with Crippen molar-refractivity contribution in [2.24, 2.45) is 0 Å². The molecule has 0 spiro atoms. The fraction of sp³-hybridized carbons (Fsp3) is 0.524. The number of benzene rings is 1. The van der Waals surface area contributed by atoms with E-state index in [0.717, 1.165) is 12.8 Å². The van der Waals surface area contributed by atoms with E-state index in [4.69, 9.17) is 0 Å². The van der Waals surface area contributed by atoms with E-state index in [0.29, 0.717) is 30.6 Å². The first-order valence-corrected chi connectivity index (χ1v) is 12.0. The molecule has 1 aliphatic rings. The van der Waals surface area contributed by atoms with E-state index in [2.05, 4.69) is 15.1 Å². The number of nitrogens with zero attached hydrogens (tertiary/aromatic N) is 2. The first kappa shape index (κ1) is 24.2. The predicted molar refractivity (Wildman–Crippen MR) is 114 cm³/mol. The van der Waals surface area contributed by atoms with Crippen LogP contribution >= 0.6 is 0 Å². The van der Waals surface area contributed by atoms with Crippen molar-refractivity contribution in [1.29, 1.82) is 0 Å². The van der Waals surface area contributed by atoms with E-state index in [-0.39, 0.29) is 35.4 Å². The van der Waals surface area contributed by atoms with Crippen LogP contribution in [-0.2, 0) is 40.4 Å². The maximum Gasteiger partial charge on any atom is 0.435 e. The zero-order valence-corrected chi connectivity index (χ0v) is 18.8. The largest absolute Gasteiger partial charge is 0.435 e. The van der Waals surface area contributed by atoms with E-state index in [1.165, 1.54) is 28.9 Å². The number of fused-ring (bicyclic) bond motifs is 1. The van der Waals surface area contributed by atoms with Crippen LogP contribution in [0, 0.1) is 0 Å². The molecule has 176 valence electrons. The van der Waals surface area contributed by atoms with Gasteiger partial charge in [0.1, 0.15) is 0 Å². The molecule has 1 aliphatic carbocycles. The Hall–Kier alpha value is -2.40. The SMILES string of the molecule is CC(C)NS(=O)(=O)c1ccc(NC(=O)CCCn2nc(C(F)(F)F)c3c2CCCC3)cc1. The van der Waals surface area contributed by atoms with Gasteiger partial charge in [-0.1, -0.05) is 0 Å². The molecule has 0 radical (unpaired) electrons. The summed E-state index contributed by atoms with van der Waals surface area (Å²) >= 11 is 0. The summed E-state index contributed by atoms with van der Waals surface area (Å²) in [6.07, 6.45) is -1.55. The number of hydrogen-bond acceptors (Lipinski definition) is 4. The van der Waals surface area contributed by atoms with Gasteiger partial charge >= 0.3 is 6.18 Å². The van der Waals surface area contributed by atoms with Gasteiger partial charge in [0.05, 0.1) is 4.90 Å². The third-order valence-corrected chi connectivity index (χ3v) is 6.81. The van der Waals surface area contributed by atoms with Crippen molar-refractivity contribution in [1.82, 2.24) is 14.5 Å². The predicted octanol–water partition coefficient (Wildman–Crippen LogP) is 3.89. The topological polar surface area (TPSA) is 93.1 Å². The number of halogens is 3. The Morgan fingerprint density at radius 1 is 1.16 bits per heavy atom. The van der Waals surface area contributed by atoms with Crippen LogP contribution in [0.3, 0.4) is 0 Å². The zero-order chi connectivity index (χ0) is 23.5. The van der Waals surface area contributed by atoms with Gasteiger partial charge in [-0.15, -0.1) is 0 Å². The monoisotopic (exact) mass is 472 g/mol. The van der Waals surface area contributed by atoms with Crippen LogP contribution in [0.4, 0.5) is 18.9 Å². The standard InChI is InChI=1S/C21H27F3N4O3S/c1-14(2)27-32(30,31)16-11-9-15(10-12-16)25-19(29)8-5-13-28-18-7-4-3-6-17(18)20(26-28)21(22,23)24/h9-12,14,27H,3-8,13H2,1-2H3,(H,25,29). The van der Waals surface area contributed by atoms with Gasteiger partial charge < -0.3 is 5.32 Å². The van der Waals surface area contributed by atoms with Gasteiger partial charge in [-0.3, -0.25) is 9.48 Å². The zero-order valence-electron chi connectivity index (χ0n) is 18.0. The smallest absolute Gasteiger partial charge is 0.326 e. The molecule has 7 nitrogen and oxygen atoms in total. The first-order chi connectivity index (χ1) is 15.0. The molecule has 0 unspecified atom stereocenters. The van der Waals surface area contributed by atoms with Gasteiger partial charge in [-0.05, 0) is 70.2 Å². The fourth-order valence-electron chi connectivity index (χ4n) is 3.79. The van der Waals surface area contributed by atoms with Crippen LogP contribution < -0.4 is 10.0 Å². The van der Waals surface area contributed by atoms with Crippen molar-refractivity contribution in [2.45, 2.75) is 76.0 Å². The molecule has 0 atom stereocenters. The lowest BCUT2D eigenvalue weighted by Crippen LogP contribution is -2.30. The molecule has 2 aromatic rings. The molecule has 0 fully saturated rings. The molecule has 32 heavy (non-hydrogen) atoms. The van der Waals surface area contributed by atoms with Gasteiger partial charge in [0, 0.05) is 36.0 Å². The highest BCUT2D eigenvalue weighted by atomic mass is 32.2. The number of nitrogens with one attached hydrogen (secondary N) is 2. The third kappa shape index (κ3) is 5.89. The van der Waals surface area contributed by atoms with Gasteiger partial charge in [0.25, 0.3) is 0 Å². The second kappa shape index (κ2) is 9.62. The van der Waals surface area contributed by atoms with E-state index < -0.39 is 21.9 Å². The minimum atomic E-state index is -4.48. The molecular weight excluding hydrogens is 445 g/mol. The van der Waals surface area contributed by atoms with Crippen molar-refractivity contribution in [2.75, 3.05) is 5.32 Å². The van der Waals surface area contributed by atoms with Crippen LogP contribution in [0.2, 0.25) is 0 Å². The van der Waals surface area contributed by atoms with Gasteiger partial charge in [-0.25, -0.2) is 13.1 Å². The average Bonchev–Trinajstić information content (AvgIpc) is 3.07. The molecule has 2 N–H and O–H groups in total. The molecule has 0 bridgehead atoms. The number of rotatable bonds is 8. The first-order valence-electron chi connectivity index (χ1n) is 10.6. The van der Waals surface area contributed by atoms with E-state index >= 15 is 0 Å². The highest BCUT2D eigenvalue weighted by Crippen LogP contribution is 2.35. The van der Waals surface area contributed by atoms with Crippen LogP contribution in [0.15, 0.2) is 29.2 Å². The summed E-state index contributed by atoms with van der Waals surface area (Å²) < 4.78 is 67.9. The molecule has 0 saturated heterocycles. The Labute approximate surface area is 185 Å². The van der Waals surface area contributed by atoms with Crippen molar-refractivity contribution < 1.29 is 26.4 Å². The summed E-state index contributed by atoms with van der Waals surface area (Å²) in [5.74, 6) is -0.307. The normalized spacial score (nSPS) is 14.4. The van der Waals surface area contributed by atoms with E-state index in [9.17, 15) is 26.4 Å². The van der Waals surface area contributed by atoms with Crippen LogP contribution in [0.1, 0.15) is 56.5 Å². The van der Waals surface area contributed by atoms with Gasteiger partial charge in [0.2, 0.25) is 15.9 Å². The Morgan fingerprint density at radius 2 is 1.81 bits per heavy atom. The molecule has 0 saturated carbocycles. The molecule has 1 aromatic heterocycles. The van der Waals surface area contributed by atoms with Crippen LogP contribution in [0.25, 0.3) is 0 Å². The minimum Gasteiger partial charge on any atom is -0.326 e. The molecule has 11 heteroatoms. The number of alkyl halides is 3. The highest BCUT2D eigenvalue weighted by molar-refractivity contribution is 7.89. The van der Waals surface area contributed by atoms with Crippen molar-refractivity contribution in [3.8, 4) is 0 Å². The summed E-state index contributed by atoms with van der Waals surface area (Å²) in [6.45, 7) is 3.66. The molecule has 0 aliphatic heterocycles. The molecule has 3 rings (SSSR count). The Balaban J connectivity index is 1.57. The fourth-order valence-corrected chi connectivity index (χ4v) is 5.04. The number of aryl methyl sites for hydroxylation is 1.